The molecule has 0 saturated carbocycles. The highest BCUT2D eigenvalue weighted by molar-refractivity contribution is 5.81. The van der Waals surface area contributed by atoms with Gasteiger partial charge in [0.05, 0.1) is 26.2 Å². The van der Waals surface area contributed by atoms with Crippen LogP contribution in [0.3, 0.4) is 0 Å². The van der Waals surface area contributed by atoms with Crippen molar-refractivity contribution in [1.29, 1.82) is 0 Å². The van der Waals surface area contributed by atoms with Crippen LogP contribution in [0, 0.1) is 5.92 Å². The molecule has 1 amide bonds. The zero-order chi connectivity index (χ0) is 18.4. The fraction of sp³-hybridized carbons (Fsp3) is 0.556. The molecule has 0 bridgehead atoms. The molecule has 1 aliphatic rings. The highest BCUT2D eigenvalue weighted by Crippen LogP contribution is 2.34. The van der Waals surface area contributed by atoms with Crippen LogP contribution in [0.5, 0.6) is 5.75 Å². The average molecular weight is 350 g/mol. The fourth-order valence-electron chi connectivity index (χ4n) is 3.12. The zero-order valence-corrected chi connectivity index (χ0v) is 15.0. The molecule has 138 valence electrons. The summed E-state index contributed by atoms with van der Waals surface area (Å²) < 4.78 is 10.2. The number of hydrogen-bond acceptors (Lipinski definition) is 5. The number of ether oxygens (including phenoxy) is 2. The van der Waals surface area contributed by atoms with Crippen LogP contribution < -0.4 is 4.74 Å². The quantitative estimate of drug-likeness (QED) is 0.750. The molecule has 0 unspecified atom stereocenters. The minimum atomic E-state index is -0.879. The van der Waals surface area contributed by atoms with Gasteiger partial charge < -0.3 is 19.5 Å². The number of methoxy groups -OCH3 is 2. The van der Waals surface area contributed by atoms with Gasteiger partial charge in [0.15, 0.2) is 0 Å². The Bertz CT molecular complexity index is 607. The molecule has 1 N–H and O–H groups in total. The van der Waals surface area contributed by atoms with Crippen molar-refractivity contribution in [3.8, 4) is 5.75 Å². The first-order valence-corrected chi connectivity index (χ1v) is 8.28. The van der Waals surface area contributed by atoms with E-state index in [1.165, 1.54) is 0 Å². The van der Waals surface area contributed by atoms with Crippen molar-refractivity contribution in [3.05, 3.63) is 29.8 Å². The van der Waals surface area contributed by atoms with E-state index < -0.39 is 11.9 Å². The normalized spacial score (nSPS) is 20.1. The zero-order valence-electron chi connectivity index (χ0n) is 15.0. The Morgan fingerprint density at radius 1 is 1.32 bits per heavy atom. The molecule has 25 heavy (non-hydrogen) atoms. The second kappa shape index (κ2) is 8.82. The van der Waals surface area contributed by atoms with Crippen LogP contribution in [-0.2, 0) is 14.3 Å². The predicted molar refractivity (Wildman–Crippen MR) is 92.8 cm³/mol. The second-order valence-corrected chi connectivity index (χ2v) is 6.36. The Balaban J connectivity index is 2.08. The Morgan fingerprint density at radius 2 is 2.08 bits per heavy atom. The van der Waals surface area contributed by atoms with E-state index in [2.05, 4.69) is 0 Å². The number of carboxylic acids is 1. The third-order valence-corrected chi connectivity index (χ3v) is 4.59. The third-order valence-electron chi connectivity index (χ3n) is 4.59. The van der Waals surface area contributed by atoms with Gasteiger partial charge in [-0.3, -0.25) is 14.5 Å². The summed E-state index contributed by atoms with van der Waals surface area (Å²) in [6.07, 6.45) is 0. The first kappa shape index (κ1) is 19.2. The molecule has 7 nitrogen and oxygen atoms in total. The van der Waals surface area contributed by atoms with Crippen molar-refractivity contribution < 1.29 is 24.2 Å². The molecule has 1 saturated heterocycles. The van der Waals surface area contributed by atoms with E-state index >= 15 is 0 Å². The molecule has 2 rings (SSSR count). The van der Waals surface area contributed by atoms with Crippen molar-refractivity contribution in [1.82, 2.24) is 9.80 Å². The topological polar surface area (TPSA) is 79.3 Å². The van der Waals surface area contributed by atoms with Gasteiger partial charge in [-0.05, 0) is 24.7 Å². The minimum Gasteiger partial charge on any atom is -0.497 e. The van der Waals surface area contributed by atoms with Gasteiger partial charge in [0.25, 0.3) is 0 Å². The van der Waals surface area contributed by atoms with Crippen LogP contribution in [0.25, 0.3) is 0 Å². The van der Waals surface area contributed by atoms with Gasteiger partial charge >= 0.3 is 5.97 Å². The average Bonchev–Trinajstić information content (AvgIpc) is 3.06. The minimum absolute atomic E-state index is 0.0600. The number of aliphatic carboxylic acids is 1. The van der Waals surface area contributed by atoms with E-state index in [0.717, 1.165) is 5.56 Å². The maximum Gasteiger partial charge on any atom is 0.308 e. The SMILES string of the molecule is COCCN(C)CC(=O)N1C[C@H](C(=O)O)[C@@H](c2cccc(OC)c2)C1. The predicted octanol–water partition coefficient (Wildman–Crippen LogP) is 0.900. The van der Waals surface area contributed by atoms with Gasteiger partial charge in [0.2, 0.25) is 5.91 Å². The van der Waals surface area contributed by atoms with Gasteiger partial charge in [-0.25, -0.2) is 0 Å². The lowest BCUT2D eigenvalue weighted by Gasteiger charge is -2.21. The highest BCUT2D eigenvalue weighted by atomic mass is 16.5. The number of likely N-dealkylation sites (tertiary alicyclic amines) is 1. The summed E-state index contributed by atoms with van der Waals surface area (Å²) in [5, 5.41) is 9.57. The second-order valence-electron chi connectivity index (χ2n) is 6.36. The van der Waals surface area contributed by atoms with Gasteiger partial charge in [0.1, 0.15) is 5.75 Å². The number of nitrogens with zero attached hydrogens (tertiary/aromatic N) is 2. The van der Waals surface area contributed by atoms with E-state index in [9.17, 15) is 14.7 Å². The summed E-state index contributed by atoms with van der Waals surface area (Å²) in [7, 11) is 5.04. The summed E-state index contributed by atoms with van der Waals surface area (Å²) in [6.45, 7) is 2.08. The lowest BCUT2D eigenvalue weighted by atomic mass is 9.89. The number of hydrogen-bond donors (Lipinski definition) is 1. The van der Waals surface area contributed by atoms with E-state index in [0.29, 0.717) is 25.4 Å². The van der Waals surface area contributed by atoms with Crippen LogP contribution in [0.2, 0.25) is 0 Å². The van der Waals surface area contributed by atoms with Crippen LogP contribution in [0.4, 0.5) is 0 Å². The summed E-state index contributed by atoms with van der Waals surface area (Å²) in [5.41, 5.74) is 0.884. The Labute approximate surface area is 148 Å². The number of rotatable bonds is 8. The molecule has 0 radical (unpaired) electrons. The van der Waals surface area contributed by atoms with Gasteiger partial charge in [0, 0.05) is 32.7 Å². The van der Waals surface area contributed by atoms with Crippen molar-refractivity contribution >= 4 is 11.9 Å². The lowest BCUT2D eigenvalue weighted by Crippen LogP contribution is -2.39. The number of carbonyl (C=O) groups is 2. The Kier molecular flexibility index (Phi) is 6.78. The summed E-state index contributed by atoms with van der Waals surface area (Å²) in [6, 6.07) is 7.40. The molecule has 1 heterocycles. The third kappa shape index (κ3) is 4.93. The maximum absolute atomic E-state index is 12.5. The molecule has 2 atom stereocenters. The smallest absolute Gasteiger partial charge is 0.308 e. The van der Waals surface area contributed by atoms with Crippen molar-refractivity contribution in [3.63, 3.8) is 0 Å². The molecular weight excluding hydrogens is 324 g/mol. The van der Waals surface area contributed by atoms with Gasteiger partial charge in [-0.1, -0.05) is 12.1 Å². The monoisotopic (exact) mass is 350 g/mol. The summed E-state index contributed by atoms with van der Waals surface area (Å²) in [5.74, 6) is -1.10. The Hall–Kier alpha value is -2.12. The highest BCUT2D eigenvalue weighted by Gasteiger charge is 2.40. The largest absolute Gasteiger partial charge is 0.497 e. The molecule has 0 spiro atoms. The number of amides is 1. The van der Waals surface area contributed by atoms with Gasteiger partial charge in [-0.2, -0.15) is 0 Å². The standard InChI is InChI=1S/C18H26N2O5/c1-19(7-8-24-2)12-17(21)20-10-15(16(11-20)18(22)23)13-5-4-6-14(9-13)25-3/h4-6,9,15-16H,7-8,10-12H2,1-3H3,(H,22,23)/t15-,16+/m1/s1. The van der Waals surface area contributed by atoms with Crippen LogP contribution in [0.15, 0.2) is 24.3 Å². The molecule has 7 heteroatoms. The van der Waals surface area contributed by atoms with Crippen LogP contribution in [-0.4, -0.2) is 80.8 Å². The molecule has 0 aliphatic carbocycles. The first-order valence-electron chi connectivity index (χ1n) is 8.28. The molecule has 1 aliphatic heterocycles. The van der Waals surface area contributed by atoms with E-state index in [1.807, 2.05) is 36.2 Å². The Morgan fingerprint density at radius 3 is 2.72 bits per heavy atom. The molecule has 1 fully saturated rings. The van der Waals surface area contributed by atoms with Crippen LogP contribution in [0.1, 0.15) is 11.5 Å². The summed E-state index contributed by atoms with van der Waals surface area (Å²) >= 11 is 0. The molecular formula is C18H26N2O5. The van der Waals surface area contributed by atoms with E-state index in [1.54, 1.807) is 19.1 Å². The lowest BCUT2D eigenvalue weighted by molar-refractivity contribution is -0.141. The van der Waals surface area contributed by atoms with Crippen molar-refractivity contribution in [2.24, 2.45) is 5.92 Å². The number of benzene rings is 1. The number of carboxylic acid groups (broad SMARTS) is 1. The molecule has 0 aromatic heterocycles. The molecule has 1 aromatic carbocycles. The van der Waals surface area contributed by atoms with Gasteiger partial charge in [-0.15, -0.1) is 0 Å². The maximum atomic E-state index is 12.5. The van der Waals surface area contributed by atoms with E-state index in [-0.39, 0.29) is 24.9 Å². The number of carbonyl (C=O) groups excluding carboxylic acids is 1. The first-order chi connectivity index (χ1) is 12.0. The van der Waals surface area contributed by atoms with E-state index in [4.69, 9.17) is 9.47 Å². The van der Waals surface area contributed by atoms with Crippen molar-refractivity contribution in [2.45, 2.75) is 5.92 Å². The van der Waals surface area contributed by atoms with Crippen LogP contribution >= 0.6 is 0 Å². The fourth-order valence-corrected chi connectivity index (χ4v) is 3.12. The van der Waals surface area contributed by atoms with Crippen molar-refractivity contribution in [2.75, 3.05) is 54.1 Å². The number of likely N-dealkylation sites (N-methyl/N-ethyl adjacent to an activating group) is 1. The summed E-state index contributed by atoms with van der Waals surface area (Å²) in [4.78, 5) is 27.7. The molecule has 1 aromatic rings.